The molecule has 0 spiro atoms. The van der Waals surface area contributed by atoms with Crippen molar-refractivity contribution in [2.24, 2.45) is 0 Å². The predicted octanol–water partition coefficient (Wildman–Crippen LogP) is 1.10. The Bertz CT molecular complexity index is 543. The van der Waals surface area contributed by atoms with Crippen molar-refractivity contribution >= 4 is 23.2 Å². The Morgan fingerprint density at radius 3 is 2.57 bits per heavy atom. The van der Waals surface area contributed by atoms with Crippen molar-refractivity contribution in [3.63, 3.8) is 0 Å². The van der Waals surface area contributed by atoms with E-state index in [1.165, 1.54) is 0 Å². The van der Waals surface area contributed by atoms with Gasteiger partial charge in [-0.05, 0) is 13.0 Å². The summed E-state index contributed by atoms with van der Waals surface area (Å²) >= 11 is 6.22. The van der Waals surface area contributed by atoms with Crippen LogP contribution < -0.4 is 4.90 Å². The fourth-order valence-electron chi connectivity index (χ4n) is 3.18. The van der Waals surface area contributed by atoms with E-state index in [9.17, 15) is 4.79 Å². The molecule has 2 saturated heterocycles. The molecule has 23 heavy (non-hydrogen) atoms. The molecular formula is C16H23ClN4O2. The molecule has 7 heteroatoms. The molecule has 0 saturated carbocycles. The van der Waals surface area contributed by atoms with Gasteiger partial charge in [0.05, 0.1) is 30.0 Å². The van der Waals surface area contributed by atoms with Gasteiger partial charge in [-0.2, -0.15) is 0 Å². The normalized spacial score (nSPS) is 21.3. The second kappa shape index (κ2) is 7.47. The van der Waals surface area contributed by atoms with Crippen molar-refractivity contribution < 1.29 is 9.53 Å². The Balaban J connectivity index is 1.56. The minimum Gasteiger partial charge on any atom is -0.378 e. The fourth-order valence-corrected chi connectivity index (χ4v) is 3.42. The number of amides is 1. The lowest BCUT2D eigenvalue weighted by Gasteiger charge is -2.40. The van der Waals surface area contributed by atoms with E-state index >= 15 is 0 Å². The highest BCUT2D eigenvalue weighted by Gasteiger charge is 2.29. The van der Waals surface area contributed by atoms with E-state index in [-0.39, 0.29) is 11.9 Å². The zero-order valence-corrected chi connectivity index (χ0v) is 14.2. The predicted molar refractivity (Wildman–Crippen MR) is 89.9 cm³/mol. The molecule has 126 valence electrons. The molecule has 0 N–H and O–H groups in total. The van der Waals surface area contributed by atoms with Crippen molar-refractivity contribution in [1.82, 2.24) is 14.8 Å². The summed E-state index contributed by atoms with van der Waals surface area (Å²) in [6.45, 7) is 8.15. The summed E-state index contributed by atoms with van der Waals surface area (Å²) in [5, 5.41) is 0.679. The molecule has 3 rings (SSSR count). The van der Waals surface area contributed by atoms with Crippen LogP contribution in [-0.2, 0) is 9.53 Å². The number of anilines is 1. The lowest BCUT2D eigenvalue weighted by Crippen LogP contribution is -2.56. The van der Waals surface area contributed by atoms with E-state index in [1.807, 2.05) is 17.9 Å². The molecule has 0 bridgehead atoms. The molecule has 1 amide bonds. The molecule has 0 aromatic carbocycles. The van der Waals surface area contributed by atoms with Crippen molar-refractivity contribution in [1.29, 1.82) is 0 Å². The van der Waals surface area contributed by atoms with E-state index in [1.54, 1.807) is 12.4 Å². The van der Waals surface area contributed by atoms with E-state index in [2.05, 4.69) is 14.8 Å². The van der Waals surface area contributed by atoms with Gasteiger partial charge in [-0.3, -0.25) is 14.7 Å². The van der Waals surface area contributed by atoms with Crippen LogP contribution in [0, 0.1) is 0 Å². The summed E-state index contributed by atoms with van der Waals surface area (Å²) in [6.07, 6.45) is 3.44. The minimum atomic E-state index is -0.0804. The smallest absolute Gasteiger partial charge is 0.239 e. The van der Waals surface area contributed by atoms with Crippen LogP contribution in [0.25, 0.3) is 0 Å². The van der Waals surface area contributed by atoms with Crippen LogP contribution in [0.15, 0.2) is 18.5 Å². The quantitative estimate of drug-likeness (QED) is 0.826. The van der Waals surface area contributed by atoms with Crippen molar-refractivity contribution in [2.45, 2.75) is 13.0 Å². The molecule has 6 nitrogen and oxygen atoms in total. The van der Waals surface area contributed by atoms with Gasteiger partial charge >= 0.3 is 0 Å². The van der Waals surface area contributed by atoms with Crippen LogP contribution >= 0.6 is 11.6 Å². The first-order chi connectivity index (χ1) is 11.2. The zero-order valence-electron chi connectivity index (χ0n) is 13.4. The molecule has 2 aliphatic heterocycles. The van der Waals surface area contributed by atoms with Crippen molar-refractivity contribution in [2.75, 3.05) is 57.4 Å². The molecule has 1 aromatic heterocycles. The number of aromatic nitrogens is 1. The Labute approximate surface area is 142 Å². The summed E-state index contributed by atoms with van der Waals surface area (Å²) in [6, 6.07) is 1.86. The molecule has 1 atom stereocenters. The Hall–Kier alpha value is -1.37. The number of ether oxygens (including phenoxy) is 1. The van der Waals surface area contributed by atoms with Crippen LogP contribution in [0.1, 0.15) is 6.92 Å². The third-order valence-electron chi connectivity index (χ3n) is 4.63. The van der Waals surface area contributed by atoms with E-state index in [0.29, 0.717) is 31.3 Å². The van der Waals surface area contributed by atoms with Crippen LogP contribution in [0.5, 0.6) is 0 Å². The van der Waals surface area contributed by atoms with Crippen molar-refractivity contribution in [3.8, 4) is 0 Å². The number of rotatable bonds is 3. The molecule has 0 radical (unpaired) electrons. The van der Waals surface area contributed by atoms with Crippen LogP contribution in [0.2, 0.25) is 5.02 Å². The van der Waals surface area contributed by atoms with Gasteiger partial charge in [0.2, 0.25) is 5.91 Å². The maximum atomic E-state index is 12.6. The lowest BCUT2D eigenvalue weighted by atomic mass is 10.2. The number of nitrogens with zero attached hydrogens (tertiary/aromatic N) is 4. The molecule has 2 fully saturated rings. The van der Waals surface area contributed by atoms with Gasteiger partial charge in [-0.25, -0.2) is 0 Å². The third kappa shape index (κ3) is 3.76. The van der Waals surface area contributed by atoms with E-state index in [4.69, 9.17) is 16.3 Å². The summed E-state index contributed by atoms with van der Waals surface area (Å²) in [4.78, 5) is 23.0. The molecule has 2 aliphatic rings. The number of piperazine rings is 1. The molecular weight excluding hydrogens is 316 g/mol. The number of carbonyl (C=O) groups is 1. The van der Waals surface area contributed by atoms with Crippen LogP contribution in [-0.4, -0.2) is 79.2 Å². The zero-order chi connectivity index (χ0) is 16.2. The second-order valence-corrected chi connectivity index (χ2v) is 6.37. The van der Waals surface area contributed by atoms with Gasteiger partial charge in [-0.15, -0.1) is 0 Å². The lowest BCUT2D eigenvalue weighted by molar-refractivity contribution is -0.140. The van der Waals surface area contributed by atoms with Gasteiger partial charge in [0.1, 0.15) is 0 Å². The van der Waals surface area contributed by atoms with E-state index in [0.717, 1.165) is 31.9 Å². The highest BCUT2D eigenvalue weighted by atomic mass is 35.5. The largest absolute Gasteiger partial charge is 0.378 e. The standard InChI is InChI=1S/C16H23ClN4O2/c1-13(16(22)21-8-10-23-11-9-21)19-4-6-20(7-5-19)15-2-3-18-12-14(15)17/h2-3,12-13H,4-11H2,1H3/t13-/m1/s1. The van der Waals surface area contributed by atoms with Gasteiger partial charge in [-0.1, -0.05) is 11.6 Å². The Morgan fingerprint density at radius 1 is 1.22 bits per heavy atom. The molecule has 0 unspecified atom stereocenters. The highest BCUT2D eigenvalue weighted by molar-refractivity contribution is 6.33. The fraction of sp³-hybridized carbons (Fsp3) is 0.625. The van der Waals surface area contributed by atoms with Crippen LogP contribution in [0.3, 0.4) is 0 Å². The number of carbonyl (C=O) groups excluding carboxylic acids is 1. The number of pyridine rings is 1. The number of morpholine rings is 1. The van der Waals surface area contributed by atoms with Crippen LogP contribution in [0.4, 0.5) is 5.69 Å². The molecule has 0 aliphatic carbocycles. The summed E-state index contributed by atoms with van der Waals surface area (Å²) < 4.78 is 5.32. The first-order valence-electron chi connectivity index (χ1n) is 8.12. The van der Waals surface area contributed by atoms with Crippen molar-refractivity contribution in [3.05, 3.63) is 23.5 Å². The Morgan fingerprint density at radius 2 is 1.91 bits per heavy atom. The highest BCUT2D eigenvalue weighted by Crippen LogP contribution is 2.25. The van der Waals surface area contributed by atoms with Gasteiger partial charge in [0.15, 0.2) is 0 Å². The second-order valence-electron chi connectivity index (χ2n) is 5.96. The summed E-state index contributed by atoms with van der Waals surface area (Å²) in [5.74, 6) is 0.212. The SMILES string of the molecule is C[C@H](C(=O)N1CCOCC1)N1CCN(c2ccncc2Cl)CC1. The molecule has 3 heterocycles. The third-order valence-corrected chi connectivity index (χ3v) is 4.93. The first kappa shape index (κ1) is 16.5. The maximum absolute atomic E-state index is 12.6. The number of hydrogen-bond donors (Lipinski definition) is 0. The van der Waals surface area contributed by atoms with E-state index < -0.39 is 0 Å². The van der Waals surface area contributed by atoms with Gasteiger partial charge in [0, 0.05) is 51.7 Å². The van der Waals surface area contributed by atoms with Gasteiger partial charge in [0.25, 0.3) is 0 Å². The topological polar surface area (TPSA) is 48.9 Å². The summed E-state index contributed by atoms with van der Waals surface area (Å²) in [5.41, 5.74) is 1.02. The molecule has 1 aromatic rings. The average molecular weight is 339 g/mol. The summed E-state index contributed by atoms with van der Waals surface area (Å²) in [7, 11) is 0. The Kier molecular flexibility index (Phi) is 5.35. The monoisotopic (exact) mass is 338 g/mol. The van der Waals surface area contributed by atoms with Gasteiger partial charge < -0.3 is 14.5 Å². The first-order valence-corrected chi connectivity index (χ1v) is 8.49. The number of hydrogen-bond acceptors (Lipinski definition) is 5. The maximum Gasteiger partial charge on any atom is 0.239 e. The number of halogens is 1. The minimum absolute atomic E-state index is 0.0804. The average Bonchev–Trinajstić information content (AvgIpc) is 2.62.